The minimum Gasteiger partial charge on any atom is -0.355 e. The predicted octanol–water partition coefficient (Wildman–Crippen LogP) is 2.23. The maximum Gasteiger partial charge on any atom is 0.220 e. The second kappa shape index (κ2) is 6.44. The van der Waals surface area contributed by atoms with E-state index in [1.54, 1.807) is 0 Å². The lowest BCUT2D eigenvalue weighted by atomic mass is 10.0. The van der Waals surface area contributed by atoms with Crippen LogP contribution in [0.5, 0.6) is 0 Å². The summed E-state index contributed by atoms with van der Waals surface area (Å²) in [6.45, 7) is 2.30. The summed E-state index contributed by atoms with van der Waals surface area (Å²) in [6, 6.07) is 2.10. The highest BCUT2D eigenvalue weighted by molar-refractivity contribution is 5.75. The summed E-state index contributed by atoms with van der Waals surface area (Å²) >= 11 is 0. The van der Waals surface area contributed by atoms with E-state index < -0.39 is 0 Å². The van der Waals surface area contributed by atoms with Crippen LogP contribution in [0.25, 0.3) is 0 Å². The molecule has 0 radical (unpaired) electrons. The lowest BCUT2D eigenvalue weighted by Crippen LogP contribution is -2.27. The van der Waals surface area contributed by atoms with Crippen molar-refractivity contribution in [3.05, 3.63) is 0 Å². The van der Waals surface area contributed by atoms with Gasteiger partial charge in [-0.25, -0.2) is 0 Å². The number of amides is 1. The van der Waals surface area contributed by atoms with Crippen LogP contribution < -0.4 is 5.32 Å². The molecule has 84 valence electrons. The SMILES string of the molecule is CC(C#N)CNC(=O)CCC1CCCC1. The molecular weight excluding hydrogens is 188 g/mol. The summed E-state index contributed by atoms with van der Waals surface area (Å²) in [7, 11) is 0. The van der Waals surface area contributed by atoms with Crippen molar-refractivity contribution in [1.82, 2.24) is 5.32 Å². The van der Waals surface area contributed by atoms with Gasteiger partial charge in [-0.3, -0.25) is 4.79 Å². The van der Waals surface area contributed by atoms with Gasteiger partial charge in [0, 0.05) is 13.0 Å². The van der Waals surface area contributed by atoms with Crippen LogP contribution in [-0.2, 0) is 4.79 Å². The highest BCUT2D eigenvalue weighted by Crippen LogP contribution is 2.28. The molecule has 0 aromatic rings. The Labute approximate surface area is 91.9 Å². The van der Waals surface area contributed by atoms with Crippen LogP contribution in [0, 0.1) is 23.2 Å². The average molecular weight is 208 g/mol. The first kappa shape index (κ1) is 12.0. The highest BCUT2D eigenvalue weighted by atomic mass is 16.1. The quantitative estimate of drug-likeness (QED) is 0.753. The van der Waals surface area contributed by atoms with Crippen molar-refractivity contribution in [2.24, 2.45) is 11.8 Å². The maximum atomic E-state index is 11.4. The fourth-order valence-electron chi connectivity index (χ4n) is 2.04. The lowest BCUT2D eigenvalue weighted by molar-refractivity contribution is -0.121. The van der Waals surface area contributed by atoms with Gasteiger partial charge in [-0.05, 0) is 19.3 Å². The summed E-state index contributed by atoms with van der Waals surface area (Å²) in [4.78, 5) is 11.4. The Balaban J connectivity index is 2.05. The van der Waals surface area contributed by atoms with Gasteiger partial charge < -0.3 is 5.32 Å². The average Bonchev–Trinajstić information content (AvgIpc) is 2.75. The van der Waals surface area contributed by atoms with Gasteiger partial charge >= 0.3 is 0 Å². The lowest BCUT2D eigenvalue weighted by Gasteiger charge is -2.09. The first-order valence-corrected chi connectivity index (χ1v) is 5.88. The molecule has 0 aromatic carbocycles. The zero-order chi connectivity index (χ0) is 11.1. The Morgan fingerprint density at radius 2 is 2.20 bits per heavy atom. The molecule has 1 unspecified atom stereocenters. The normalized spacial score (nSPS) is 18.4. The molecule has 1 saturated carbocycles. The summed E-state index contributed by atoms with van der Waals surface area (Å²) in [5, 5.41) is 11.3. The summed E-state index contributed by atoms with van der Waals surface area (Å²) in [5.74, 6) is 0.786. The standard InChI is InChI=1S/C12H20N2O/c1-10(8-13)9-14-12(15)7-6-11-4-2-3-5-11/h10-11H,2-7,9H2,1H3,(H,14,15). The van der Waals surface area contributed by atoms with E-state index in [0.29, 0.717) is 13.0 Å². The smallest absolute Gasteiger partial charge is 0.220 e. The number of carbonyl (C=O) groups excluding carboxylic acids is 1. The molecule has 0 spiro atoms. The van der Waals surface area contributed by atoms with E-state index >= 15 is 0 Å². The number of hydrogen-bond acceptors (Lipinski definition) is 2. The third-order valence-corrected chi connectivity index (χ3v) is 3.08. The molecule has 0 saturated heterocycles. The van der Waals surface area contributed by atoms with Crippen molar-refractivity contribution in [2.75, 3.05) is 6.54 Å². The van der Waals surface area contributed by atoms with Crippen molar-refractivity contribution in [1.29, 1.82) is 5.26 Å². The Bertz CT molecular complexity index is 238. The molecule has 1 amide bonds. The third-order valence-electron chi connectivity index (χ3n) is 3.08. The Hall–Kier alpha value is -1.04. The van der Waals surface area contributed by atoms with Gasteiger partial charge in [0.05, 0.1) is 12.0 Å². The van der Waals surface area contributed by atoms with Gasteiger partial charge in [-0.15, -0.1) is 0 Å². The number of nitrogens with one attached hydrogen (secondary N) is 1. The molecule has 15 heavy (non-hydrogen) atoms. The zero-order valence-corrected chi connectivity index (χ0v) is 9.46. The molecule has 1 atom stereocenters. The fraction of sp³-hybridized carbons (Fsp3) is 0.833. The molecule has 1 N–H and O–H groups in total. The minimum atomic E-state index is -0.0829. The topological polar surface area (TPSA) is 52.9 Å². The van der Waals surface area contributed by atoms with E-state index in [4.69, 9.17) is 5.26 Å². The minimum absolute atomic E-state index is 0.0829. The number of rotatable bonds is 5. The van der Waals surface area contributed by atoms with Crippen LogP contribution in [-0.4, -0.2) is 12.5 Å². The molecule has 0 aliphatic heterocycles. The number of nitriles is 1. The number of hydrogen-bond donors (Lipinski definition) is 1. The summed E-state index contributed by atoms with van der Waals surface area (Å²) in [6.07, 6.45) is 6.90. The van der Waals surface area contributed by atoms with Gasteiger partial charge in [-0.1, -0.05) is 25.7 Å². The van der Waals surface area contributed by atoms with Crippen LogP contribution >= 0.6 is 0 Å². The van der Waals surface area contributed by atoms with E-state index in [1.165, 1.54) is 25.7 Å². The summed E-state index contributed by atoms with van der Waals surface area (Å²) in [5.41, 5.74) is 0. The van der Waals surface area contributed by atoms with E-state index in [2.05, 4.69) is 11.4 Å². The molecule has 3 heteroatoms. The fourth-order valence-corrected chi connectivity index (χ4v) is 2.04. The van der Waals surface area contributed by atoms with E-state index in [9.17, 15) is 4.79 Å². The molecule has 1 fully saturated rings. The second-order valence-electron chi connectivity index (χ2n) is 4.52. The van der Waals surface area contributed by atoms with Gasteiger partial charge in [0.2, 0.25) is 5.91 Å². The van der Waals surface area contributed by atoms with E-state index in [-0.39, 0.29) is 11.8 Å². The second-order valence-corrected chi connectivity index (χ2v) is 4.52. The third kappa shape index (κ3) is 4.83. The first-order chi connectivity index (χ1) is 7.22. The molecule has 3 nitrogen and oxygen atoms in total. The molecular formula is C12H20N2O. The molecule has 1 rings (SSSR count). The van der Waals surface area contributed by atoms with Gasteiger partial charge in [-0.2, -0.15) is 5.26 Å². The van der Waals surface area contributed by atoms with E-state index in [1.807, 2.05) is 6.92 Å². The van der Waals surface area contributed by atoms with Crippen LogP contribution in [0.1, 0.15) is 45.4 Å². The van der Waals surface area contributed by atoms with Crippen LogP contribution in [0.3, 0.4) is 0 Å². The molecule has 1 aliphatic rings. The van der Waals surface area contributed by atoms with Crippen LogP contribution in [0.15, 0.2) is 0 Å². The molecule has 0 bridgehead atoms. The van der Waals surface area contributed by atoms with Crippen molar-refractivity contribution in [3.63, 3.8) is 0 Å². The number of carbonyl (C=O) groups is 1. The Morgan fingerprint density at radius 1 is 1.53 bits per heavy atom. The van der Waals surface area contributed by atoms with Crippen molar-refractivity contribution in [3.8, 4) is 6.07 Å². The van der Waals surface area contributed by atoms with Crippen LogP contribution in [0.4, 0.5) is 0 Å². The molecule has 0 heterocycles. The Morgan fingerprint density at radius 3 is 2.80 bits per heavy atom. The predicted molar refractivity (Wildman–Crippen MR) is 59.0 cm³/mol. The van der Waals surface area contributed by atoms with Gasteiger partial charge in [0.1, 0.15) is 0 Å². The largest absolute Gasteiger partial charge is 0.355 e. The van der Waals surface area contributed by atoms with Gasteiger partial charge in [0.25, 0.3) is 0 Å². The maximum absolute atomic E-state index is 11.4. The van der Waals surface area contributed by atoms with E-state index in [0.717, 1.165) is 12.3 Å². The molecule has 0 aromatic heterocycles. The van der Waals surface area contributed by atoms with Crippen molar-refractivity contribution >= 4 is 5.91 Å². The highest BCUT2D eigenvalue weighted by Gasteiger charge is 2.16. The monoisotopic (exact) mass is 208 g/mol. The molecule has 1 aliphatic carbocycles. The van der Waals surface area contributed by atoms with Crippen molar-refractivity contribution < 1.29 is 4.79 Å². The number of nitrogens with zero attached hydrogens (tertiary/aromatic N) is 1. The Kier molecular flexibility index (Phi) is 5.17. The van der Waals surface area contributed by atoms with Crippen molar-refractivity contribution in [2.45, 2.75) is 45.4 Å². The van der Waals surface area contributed by atoms with Crippen LogP contribution in [0.2, 0.25) is 0 Å². The summed E-state index contributed by atoms with van der Waals surface area (Å²) < 4.78 is 0. The first-order valence-electron chi connectivity index (χ1n) is 5.88. The zero-order valence-electron chi connectivity index (χ0n) is 9.46. The van der Waals surface area contributed by atoms with Gasteiger partial charge in [0.15, 0.2) is 0 Å².